The van der Waals surface area contributed by atoms with Gasteiger partial charge in [0, 0.05) is 6.42 Å². The monoisotopic (exact) mass is 161 g/mol. The zero-order valence-corrected chi connectivity index (χ0v) is 6.83. The van der Waals surface area contributed by atoms with Gasteiger partial charge >= 0.3 is 0 Å². The summed E-state index contributed by atoms with van der Waals surface area (Å²) < 4.78 is 0. The number of nitriles is 1. The van der Waals surface area contributed by atoms with Crippen LogP contribution >= 0.6 is 0 Å². The number of nitrogens with zero attached hydrogens (tertiary/aromatic N) is 1. The van der Waals surface area contributed by atoms with Gasteiger partial charge in [0.25, 0.3) is 0 Å². The number of hydrogen-bond acceptors (Lipinski definition) is 2. The van der Waals surface area contributed by atoms with Crippen LogP contribution in [0.1, 0.15) is 18.4 Å². The molecule has 0 saturated carbocycles. The van der Waals surface area contributed by atoms with Crippen LogP contribution in [0.2, 0.25) is 0 Å². The molecule has 0 aliphatic rings. The SMILES string of the molecule is N#CCCCc1ccc(O)cc1. The molecule has 0 heterocycles. The maximum Gasteiger partial charge on any atom is 0.115 e. The second kappa shape index (κ2) is 4.40. The Morgan fingerprint density at radius 3 is 2.50 bits per heavy atom. The lowest BCUT2D eigenvalue weighted by Crippen LogP contribution is -1.83. The average Bonchev–Trinajstić information content (AvgIpc) is 2.09. The second-order valence-electron chi connectivity index (χ2n) is 2.68. The van der Waals surface area contributed by atoms with Crippen molar-refractivity contribution in [2.45, 2.75) is 19.3 Å². The van der Waals surface area contributed by atoms with Gasteiger partial charge in [-0.05, 0) is 30.5 Å². The highest BCUT2D eigenvalue weighted by Crippen LogP contribution is 2.11. The van der Waals surface area contributed by atoms with Crippen molar-refractivity contribution in [3.05, 3.63) is 29.8 Å². The molecule has 0 spiro atoms. The highest BCUT2D eigenvalue weighted by Gasteiger charge is 1.92. The first-order chi connectivity index (χ1) is 5.83. The predicted molar refractivity (Wildman–Crippen MR) is 46.7 cm³/mol. The van der Waals surface area contributed by atoms with E-state index in [1.807, 2.05) is 12.1 Å². The summed E-state index contributed by atoms with van der Waals surface area (Å²) >= 11 is 0. The lowest BCUT2D eigenvalue weighted by molar-refractivity contribution is 0.475. The van der Waals surface area contributed by atoms with Crippen molar-refractivity contribution in [1.82, 2.24) is 0 Å². The van der Waals surface area contributed by atoms with Gasteiger partial charge in [-0.1, -0.05) is 12.1 Å². The molecule has 0 aliphatic heterocycles. The molecule has 0 atom stereocenters. The first-order valence-corrected chi connectivity index (χ1v) is 3.98. The molecule has 0 aliphatic carbocycles. The molecular formula is C10H11NO. The Morgan fingerprint density at radius 1 is 1.25 bits per heavy atom. The zero-order valence-electron chi connectivity index (χ0n) is 6.83. The summed E-state index contributed by atoms with van der Waals surface area (Å²) in [4.78, 5) is 0. The molecule has 1 rings (SSSR count). The van der Waals surface area contributed by atoms with E-state index in [-0.39, 0.29) is 0 Å². The predicted octanol–water partition coefficient (Wildman–Crippen LogP) is 2.24. The van der Waals surface area contributed by atoms with Gasteiger partial charge in [0.05, 0.1) is 6.07 Å². The molecule has 0 radical (unpaired) electrons. The third-order valence-electron chi connectivity index (χ3n) is 1.69. The number of phenols is 1. The van der Waals surface area contributed by atoms with Crippen molar-refractivity contribution in [1.29, 1.82) is 5.26 Å². The molecule has 0 saturated heterocycles. The molecule has 1 aromatic carbocycles. The molecule has 1 aromatic rings. The van der Waals surface area contributed by atoms with E-state index < -0.39 is 0 Å². The Balaban J connectivity index is 2.43. The van der Waals surface area contributed by atoms with E-state index in [1.54, 1.807) is 12.1 Å². The van der Waals surface area contributed by atoms with Gasteiger partial charge in [0.2, 0.25) is 0 Å². The van der Waals surface area contributed by atoms with E-state index in [1.165, 1.54) is 5.56 Å². The van der Waals surface area contributed by atoms with Gasteiger partial charge in [-0.3, -0.25) is 0 Å². The van der Waals surface area contributed by atoms with Gasteiger partial charge in [-0.15, -0.1) is 0 Å². The van der Waals surface area contributed by atoms with E-state index in [0.29, 0.717) is 12.2 Å². The lowest BCUT2D eigenvalue weighted by Gasteiger charge is -1.97. The molecule has 62 valence electrons. The molecule has 0 bridgehead atoms. The number of benzene rings is 1. The topological polar surface area (TPSA) is 44.0 Å². The number of unbranched alkanes of at least 4 members (excludes halogenated alkanes) is 1. The number of rotatable bonds is 3. The summed E-state index contributed by atoms with van der Waals surface area (Å²) in [6, 6.07) is 9.20. The van der Waals surface area contributed by atoms with Crippen LogP contribution in [0.25, 0.3) is 0 Å². The lowest BCUT2D eigenvalue weighted by atomic mass is 10.1. The first kappa shape index (κ1) is 8.61. The van der Waals surface area contributed by atoms with Gasteiger partial charge < -0.3 is 5.11 Å². The van der Waals surface area contributed by atoms with Crippen LogP contribution in [0.3, 0.4) is 0 Å². The largest absolute Gasteiger partial charge is 0.508 e. The van der Waals surface area contributed by atoms with Crippen LogP contribution in [0, 0.1) is 11.3 Å². The first-order valence-electron chi connectivity index (χ1n) is 3.98. The molecular weight excluding hydrogens is 150 g/mol. The smallest absolute Gasteiger partial charge is 0.115 e. The summed E-state index contributed by atoms with van der Waals surface area (Å²) in [5, 5.41) is 17.3. The summed E-state index contributed by atoms with van der Waals surface area (Å²) in [7, 11) is 0. The van der Waals surface area contributed by atoms with E-state index in [2.05, 4.69) is 6.07 Å². The maximum absolute atomic E-state index is 8.98. The zero-order chi connectivity index (χ0) is 8.81. The normalized spacial score (nSPS) is 9.25. The maximum atomic E-state index is 8.98. The molecule has 2 nitrogen and oxygen atoms in total. The van der Waals surface area contributed by atoms with E-state index in [9.17, 15) is 0 Å². The fourth-order valence-corrected chi connectivity index (χ4v) is 1.03. The van der Waals surface area contributed by atoms with E-state index in [0.717, 1.165) is 12.8 Å². The molecule has 2 heteroatoms. The van der Waals surface area contributed by atoms with Gasteiger partial charge in [0.1, 0.15) is 5.75 Å². The Kier molecular flexibility index (Phi) is 3.16. The Bertz CT molecular complexity index is 271. The van der Waals surface area contributed by atoms with Gasteiger partial charge in [0.15, 0.2) is 0 Å². The third kappa shape index (κ3) is 2.63. The number of hydrogen-bond donors (Lipinski definition) is 1. The van der Waals surface area contributed by atoms with Crippen molar-refractivity contribution in [3.8, 4) is 11.8 Å². The highest BCUT2D eigenvalue weighted by molar-refractivity contribution is 5.25. The molecule has 1 N–H and O–H groups in total. The van der Waals surface area contributed by atoms with Crippen LogP contribution in [0.15, 0.2) is 24.3 Å². The number of aryl methyl sites for hydroxylation is 1. The van der Waals surface area contributed by atoms with Gasteiger partial charge in [-0.2, -0.15) is 5.26 Å². The minimum Gasteiger partial charge on any atom is -0.508 e. The van der Waals surface area contributed by atoms with Crippen molar-refractivity contribution in [3.63, 3.8) is 0 Å². The van der Waals surface area contributed by atoms with Crippen LogP contribution < -0.4 is 0 Å². The Labute approximate surface area is 72.1 Å². The van der Waals surface area contributed by atoms with E-state index in [4.69, 9.17) is 10.4 Å². The van der Waals surface area contributed by atoms with E-state index >= 15 is 0 Å². The number of phenolic OH excluding ortho intramolecular Hbond substituents is 1. The van der Waals surface area contributed by atoms with Gasteiger partial charge in [-0.25, -0.2) is 0 Å². The quantitative estimate of drug-likeness (QED) is 0.691. The summed E-state index contributed by atoms with van der Waals surface area (Å²) in [6.45, 7) is 0. The average molecular weight is 161 g/mol. The highest BCUT2D eigenvalue weighted by atomic mass is 16.3. The van der Waals surface area contributed by atoms with Crippen molar-refractivity contribution >= 4 is 0 Å². The third-order valence-corrected chi connectivity index (χ3v) is 1.69. The molecule has 0 amide bonds. The molecule has 0 aromatic heterocycles. The second-order valence-corrected chi connectivity index (χ2v) is 2.68. The van der Waals surface area contributed by atoms with Crippen molar-refractivity contribution < 1.29 is 5.11 Å². The van der Waals surface area contributed by atoms with Crippen LogP contribution in [0.5, 0.6) is 5.75 Å². The summed E-state index contributed by atoms with van der Waals surface area (Å²) in [5.41, 5.74) is 1.17. The molecule has 0 unspecified atom stereocenters. The Morgan fingerprint density at radius 2 is 1.92 bits per heavy atom. The minimum atomic E-state index is 0.291. The van der Waals surface area contributed by atoms with Crippen LogP contribution in [-0.2, 0) is 6.42 Å². The van der Waals surface area contributed by atoms with Crippen LogP contribution in [-0.4, -0.2) is 5.11 Å². The molecule has 0 fully saturated rings. The fourth-order valence-electron chi connectivity index (χ4n) is 1.03. The van der Waals surface area contributed by atoms with Crippen molar-refractivity contribution in [2.24, 2.45) is 0 Å². The standard InChI is InChI=1S/C10H11NO/c11-8-2-1-3-9-4-6-10(12)7-5-9/h4-7,12H,1-3H2. The summed E-state index contributed by atoms with van der Waals surface area (Å²) in [6.07, 6.45) is 2.40. The Hall–Kier alpha value is -1.49. The minimum absolute atomic E-state index is 0.291. The number of aromatic hydroxyl groups is 1. The summed E-state index contributed by atoms with van der Waals surface area (Å²) in [5.74, 6) is 0.291. The van der Waals surface area contributed by atoms with Crippen molar-refractivity contribution in [2.75, 3.05) is 0 Å². The fraction of sp³-hybridized carbons (Fsp3) is 0.300. The molecule has 12 heavy (non-hydrogen) atoms. The van der Waals surface area contributed by atoms with Crippen LogP contribution in [0.4, 0.5) is 0 Å².